The van der Waals surface area contributed by atoms with E-state index in [9.17, 15) is 14.4 Å². The summed E-state index contributed by atoms with van der Waals surface area (Å²) in [6.07, 6.45) is 3.50. The van der Waals surface area contributed by atoms with Crippen molar-refractivity contribution in [3.8, 4) is 11.5 Å². The maximum atomic E-state index is 13.0. The summed E-state index contributed by atoms with van der Waals surface area (Å²) in [7, 11) is 1.66. The van der Waals surface area contributed by atoms with Gasteiger partial charge in [0.15, 0.2) is 11.5 Å². The molecule has 2 fully saturated rings. The normalized spacial score (nSPS) is 25.9. The zero-order valence-electron chi connectivity index (χ0n) is 16.9. The monoisotopic (exact) mass is 401 g/mol. The van der Waals surface area contributed by atoms with Crippen LogP contribution in [0.1, 0.15) is 38.2 Å². The fraction of sp³-hybridized carbons (Fsp3) is 0.571. The van der Waals surface area contributed by atoms with Crippen LogP contribution in [0.5, 0.6) is 11.5 Å². The molecule has 0 radical (unpaired) electrons. The van der Waals surface area contributed by atoms with Crippen LogP contribution in [0.15, 0.2) is 18.2 Å². The Morgan fingerprint density at radius 1 is 1.24 bits per heavy atom. The summed E-state index contributed by atoms with van der Waals surface area (Å²) in [6, 6.07) is 5.09. The summed E-state index contributed by atoms with van der Waals surface area (Å²) < 4.78 is 11.1. The molecule has 1 saturated carbocycles. The molecule has 1 saturated heterocycles. The second-order valence-corrected chi connectivity index (χ2v) is 8.17. The Morgan fingerprint density at radius 3 is 2.76 bits per heavy atom. The van der Waals surface area contributed by atoms with E-state index < -0.39 is 11.6 Å². The average molecular weight is 401 g/mol. The molecule has 0 unspecified atom stereocenters. The van der Waals surface area contributed by atoms with Gasteiger partial charge in [-0.25, -0.2) is 4.79 Å². The number of benzene rings is 1. The van der Waals surface area contributed by atoms with Crippen molar-refractivity contribution < 1.29 is 23.9 Å². The van der Waals surface area contributed by atoms with Crippen molar-refractivity contribution in [2.24, 2.45) is 5.92 Å². The summed E-state index contributed by atoms with van der Waals surface area (Å²) in [4.78, 5) is 40.8. The highest BCUT2D eigenvalue weighted by Gasteiger charge is 2.55. The van der Waals surface area contributed by atoms with Gasteiger partial charge in [-0.3, -0.25) is 14.5 Å². The zero-order chi connectivity index (χ0) is 20.6. The Bertz CT molecular complexity index is 842. The molecule has 0 aromatic heterocycles. The minimum Gasteiger partial charge on any atom is -0.486 e. The second kappa shape index (κ2) is 7.57. The van der Waals surface area contributed by atoms with E-state index >= 15 is 0 Å². The summed E-state index contributed by atoms with van der Waals surface area (Å²) in [5.74, 6) is 0.875. The quantitative estimate of drug-likeness (QED) is 0.779. The smallest absolute Gasteiger partial charge is 0.325 e. The predicted molar refractivity (Wildman–Crippen MR) is 105 cm³/mol. The van der Waals surface area contributed by atoms with Gasteiger partial charge in [-0.05, 0) is 36.5 Å². The first kappa shape index (κ1) is 19.5. The highest BCUT2D eigenvalue weighted by atomic mass is 16.6. The number of carbonyl (C=O) groups is 3. The largest absolute Gasteiger partial charge is 0.486 e. The van der Waals surface area contributed by atoms with Crippen LogP contribution in [0.25, 0.3) is 0 Å². The fourth-order valence-corrected chi connectivity index (χ4v) is 4.44. The van der Waals surface area contributed by atoms with Crippen LogP contribution in [0.2, 0.25) is 0 Å². The van der Waals surface area contributed by atoms with E-state index in [1.54, 1.807) is 7.05 Å². The number of hydrogen-bond acceptors (Lipinski definition) is 5. The second-order valence-electron chi connectivity index (χ2n) is 8.17. The molecule has 1 aromatic rings. The van der Waals surface area contributed by atoms with Crippen LogP contribution in [-0.4, -0.2) is 60.0 Å². The molecule has 3 aliphatic rings. The van der Waals surface area contributed by atoms with E-state index in [2.05, 4.69) is 5.32 Å². The SMILES string of the molecule is C[C@H]1CCCC[C@]12NC(=O)N(CC(=O)N(C)Cc1ccc3c(c1)OCCO3)C2=O. The summed E-state index contributed by atoms with van der Waals surface area (Å²) in [6.45, 7) is 3.12. The van der Waals surface area contributed by atoms with Gasteiger partial charge in [0.2, 0.25) is 5.91 Å². The van der Waals surface area contributed by atoms with E-state index in [0.29, 0.717) is 37.7 Å². The van der Waals surface area contributed by atoms with Crippen molar-refractivity contribution in [1.29, 1.82) is 0 Å². The lowest BCUT2D eigenvalue weighted by atomic mass is 9.73. The molecule has 29 heavy (non-hydrogen) atoms. The number of amides is 4. The molecule has 1 spiro atoms. The molecule has 0 bridgehead atoms. The minimum absolute atomic E-state index is 0.0724. The van der Waals surface area contributed by atoms with E-state index in [-0.39, 0.29) is 24.3 Å². The number of carbonyl (C=O) groups excluding carboxylic acids is 3. The zero-order valence-corrected chi connectivity index (χ0v) is 16.9. The molecule has 1 aliphatic carbocycles. The first-order valence-corrected chi connectivity index (χ1v) is 10.2. The van der Waals surface area contributed by atoms with Gasteiger partial charge in [-0.1, -0.05) is 25.8 Å². The Morgan fingerprint density at radius 2 is 2.00 bits per heavy atom. The van der Waals surface area contributed by atoms with E-state index in [4.69, 9.17) is 9.47 Å². The number of rotatable bonds is 4. The number of nitrogens with one attached hydrogen (secondary N) is 1. The highest BCUT2D eigenvalue weighted by molar-refractivity contribution is 6.09. The number of nitrogens with zero attached hydrogens (tertiary/aromatic N) is 2. The lowest BCUT2D eigenvalue weighted by Crippen LogP contribution is -2.54. The average Bonchev–Trinajstić information content (AvgIpc) is 2.95. The summed E-state index contributed by atoms with van der Waals surface area (Å²) in [5, 5.41) is 2.88. The maximum Gasteiger partial charge on any atom is 0.325 e. The maximum absolute atomic E-state index is 13.0. The van der Waals surface area contributed by atoms with Crippen molar-refractivity contribution in [3.63, 3.8) is 0 Å². The Labute approximate surface area is 170 Å². The molecular weight excluding hydrogens is 374 g/mol. The fourth-order valence-electron chi connectivity index (χ4n) is 4.44. The first-order chi connectivity index (χ1) is 13.9. The molecule has 8 heteroatoms. The molecule has 2 heterocycles. The summed E-state index contributed by atoms with van der Waals surface area (Å²) in [5.41, 5.74) is 0.0453. The molecular formula is C21H27N3O5. The van der Waals surface area contributed by atoms with Crippen molar-refractivity contribution in [2.45, 2.75) is 44.7 Å². The number of ether oxygens (including phenoxy) is 2. The number of likely N-dealkylation sites (N-methyl/N-ethyl adjacent to an activating group) is 1. The minimum atomic E-state index is -0.843. The van der Waals surface area contributed by atoms with Gasteiger partial charge in [-0.2, -0.15) is 0 Å². The molecule has 2 atom stereocenters. The van der Waals surface area contributed by atoms with Crippen molar-refractivity contribution in [1.82, 2.24) is 15.1 Å². The number of urea groups is 1. The number of fused-ring (bicyclic) bond motifs is 1. The Balaban J connectivity index is 1.41. The molecule has 8 nitrogen and oxygen atoms in total. The lowest BCUT2D eigenvalue weighted by molar-refractivity contribution is -0.140. The summed E-state index contributed by atoms with van der Waals surface area (Å²) >= 11 is 0. The third kappa shape index (κ3) is 3.52. The van der Waals surface area contributed by atoms with Gasteiger partial charge in [0.25, 0.3) is 5.91 Å². The van der Waals surface area contributed by atoms with Crippen molar-refractivity contribution in [2.75, 3.05) is 26.8 Å². The third-order valence-corrected chi connectivity index (χ3v) is 6.25. The van der Waals surface area contributed by atoms with Crippen LogP contribution in [0.4, 0.5) is 4.79 Å². The van der Waals surface area contributed by atoms with Gasteiger partial charge in [0.1, 0.15) is 25.3 Å². The van der Waals surface area contributed by atoms with E-state index in [0.717, 1.165) is 29.7 Å². The van der Waals surface area contributed by atoms with E-state index in [1.165, 1.54) is 4.90 Å². The molecule has 2 aliphatic heterocycles. The topological polar surface area (TPSA) is 88.2 Å². The lowest BCUT2D eigenvalue weighted by Gasteiger charge is -2.36. The highest BCUT2D eigenvalue weighted by Crippen LogP contribution is 2.38. The standard InChI is InChI=1S/C21H27N3O5/c1-14-5-3-4-8-21(14)19(26)24(20(27)22-21)13-18(25)23(2)12-15-6-7-16-17(11-15)29-10-9-28-16/h6-7,11,14H,3-5,8-10,12-13H2,1-2H3,(H,22,27)/t14-,21-/m0/s1. The predicted octanol–water partition coefficient (Wildman–Crippen LogP) is 1.92. The van der Waals surface area contributed by atoms with Gasteiger partial charge in [0, 0.05) is 13.6 Å². The van der Waals surface area contributed by atoms with Crippen LogP contribution in [0, 0.1) is 5.92 Å². The first-order valence-electron chi connectivity index (χ1n) is 10.2. The van der Waals surface area contributed by atoms with Gasteiger partial charge < -0.3 is 19.7 Å². The number of imide groups is 1. The Kier molecular flexibility index (Phi) is 5.10. The van der Waals surface area contributed by atoms with Crippen molar-refractivity contribution in [3.05, 3.63) is 23.8 Å². The van der Waals surface area contributed by atoms with Crippen LogP contribution in [0.3, 0.4) is 0 Å². The Hall–Kier alpha value is -2.77. The van der Waals surface area contributed by atoms with Crippen LogP contribution < -0.4 is 14.8 Å². The van der Waals surface area contributed by atoms with Gasteiger partial charge >= 0.3 is 6.03 Å². The van der Waals surface area contributed by atoms with Crippen LogP contribution >= 0.6 is 0 Å². The van der Waals surface area contributed by atoms with Crippen LogP contribution in [-0.2, 0) is 16.1 Å². The van der Waals surface area contributed by atoms with Crippen molar-refractivity contribution >= 4 is 17.8 Å². The molecule has 4 amide bonds. The van der Waals surface area contributed by atoms with Gasteiger partial charge in [-0.15, -0.1) is 0 Å². The molecule has 156 valence electrons. The molecule has 4 rings (SSSR count). The molecule has 1 aromatic carbocycles. The number of hydrogen-bond donors (Lipinski definition) is 1. The molecule has 1 N–H and O–H groups in total. The van der Waals surface area contributed by atoms with Gasteiger partial charge in [0.05, 0.1) is 0 Å². The van der Waals surface area contributed by atoms with E-state index in [1.807, 2.05) is 25.1 Å². The third-order valence-electron chi connectivity index (χ3n) is 6.25.